The molecule has 0 saturated carbocycles. The summed E-state index contributed by atoms with van der Waals surface area (Å²) in [5.41, 5.74) is 0.0619. The highest BCUT2D eigenvalue weighted by Gasteiger charge is 2.25. The minimum Gasteiger partial charge on any atom is -0.481 e. The first-order valence-corrected chi connectivity index (χ1v) is 7.52. The molecule has 0 fully saturated rings. The van der Waals surface area contributed by atoms with Crippen molar-refractivity contribution in [2.45, 2.75) is 31.8 Å². The summed E-state index contributed by atoms with van der Waals surface area (Å²) in [7, 11) is 0. The molecule has 2 atom stereocenters. The number of aromatic nitrogens is 2. The van der Waals surface area contributed by atoms with Crippen LogP contribution in [0, 0.1) is 0 Å². The van der Waals surface area contributed by atoms with Crippen molar-refractivity contribution in [1.29, 1.82) is 0 Å². The zero-order chi connectivity index (χ0) is 18.6. The van der Waals surface area contributed by atoms with Crippen LogP contribution in [0.1, 0.15) is 25.8 Å². The molecular weight excluding hydrogens is 330 g/mol. The van der Waals surface area contributed by atoms with E-state index in [1.54, 1.807) is 24.3 Å². The summed E-state index contributed by atoms with van der Waals surface area (Å²) in [4.78, 5) is 50.6. The maximum Gasteiger partial charge on any atom is 0.326 e. The lowest BCUT2D eigenvalue weighted by atomic mass is 10.1. The Labute approximate surface area is 141 Å². The molecule has 1 amide bonds. The number of para-hydroxylation sites is 1. The minimum absolute atomic E-state index is 0.256. The molecular formula is C16H17N3O6. The molecule has 0 bridgehead atoms. The van der Waals surface area contributed by atoms with Crippen LogP contribution in [0.4, 0.5) is 0 Å². The van der Waals surface area contributed by atoms with Gasteiger partial charge in [-0.2, -0.15) is 0 Å². The fraction of sp³-hybridized carbons (Fsp3) is 0.312. The Balaban J connectivity index is 2.21. The number of benzene rings is 1. The topological polar surface area (TPSA) is 139 Å². The molecule has 2 aromatic rings. The number of hydrogen-bond donors (Lipinski definition) is 3. The lowest BCUT2D eigenvalue weighted by Gasteiger charge is -2.19. The van der Waals surface area contributed by atoms with E-state index in [9.17, 15) is 19.2 Å². The van der Waals surface area contributed by atoms with Crippen LogP contribution in [0.25, 0.3) is 10.9 Å². The standard InChI is InChI=1S/C16H17N3O6/c1-9(14(22)18-12(16(24)25)6-7-13(20)21)19-8-17-11-5-3-2-4-10(11)15(19)23/h2-5,8-9,12H,6-7H2,1H3,(H,18,22)(H,20,21)(H,24,25)/t9-,12-/m0/s1. The molecule has 1 aromatic heterocycles. The number of carbonyl (C=O) groups excluding carboxylic acids is 1. The molecule has 2 rings (SSSR count). The first-order valence-electron chi connectivity index (χ1n) is 7.52. The number of amides is 1. The summed E-state index contributed by atoms with van der Waals surface area (Å²) in [6.07, 6.45) is 0.568. The Bertz CT molecular complexity index is 876. The van der Waals surface area contributed by atoms with Crippen LogP contribution in [0.3, 0.4) is 0 Å². The van der Waals surface area contributed by atoms with E-state index in [0.29, 0.717) is 10.9 Å². The highest BCUT2D eigenvalue weighted by molar-refractivity contribution is 5.86. The summed E-state index contributed by atoms with van der Waals surface area (Å²) < 4.78 is 1.10. The monoisotopic (exact) mass is 347 g/mol. The fourth-order valence-electron chi connectivity index (χ4n) is 2.30. The molecule has 0 saturated heterocycles. The zero-order valence-electron chi connectivity index (χ0n) is 13.4. The van der Waals surface area contributed by atoms with E-state index in [0.717, 1.165) is 4.57 Å². The molecule has 1 heterocycles. The molecule has 132 valence electrons. The van der Waals surface area contributed by atoms with Crippen LogP contribution in [-0.2, 0) is 14.4 Å². The SMILES string of the molecule is C[C@@H](C(=O)N[C@@H](CCC(=O)O)C(=O)O)n1cnc2ccccc2c1=O. The molecule has 0 aliphatic heterocycles. The maximum atomic E-state index is 12.5. The van der Waals surface area contributed by atoms with Gasteiger partial charge >= 0.3 is 11.9 Å². The molecule has 0 radical (unpaired) electrons. The van der Waals surface area contributed by atoms with E-state index < -0.39 is 41.9 Å². The van der Waals surface area contributed by atoms with Crippen LogP contribution < -0.4 is 10.9 Å². The second-order valence-corrected chi connectivity index (χ2v) is 5.48. The van der Waals surface area contributed by atoms with Gasteiger partial charge in [0.1, 0.15) is 12.1 Å². The van der Waals surface area contributed by atoms with E-state index >= 15 is 0 Å². The van der Waals surface area contributed by atoms with Crippen molar-refractivity contribution in [3.05, 3.63) is 40.9 Å². The Morgan fingerprint density at radius 2 is 1.92 bits per heavy atom. The second kappa shape index (κ2) is 7.56. The van der Waals surface area contributed by atoms with Gasteiger partial charge in [0.05, 0.1) is 17.2 Å². The van der Waals surface area contributed by atoms with Gasteiger partial charge in [0.2, 0.25) is 5.91 Å². The Morgan fingerprint density at radius 1 is 1.24 bits per heavy atom. The normalized spacial score (nSPS) is 13.2. The number of rotatable bonds is 7. The van der Waals surface area contributed by atoms with Gasteiger partial charge in [-0.05, 0) is 25.5 Å². The van der Waals surface area contributed by atoms with Crippen molar-refractivity contribution in [2.24, 2.45) is 0 Å². The molecule has 0 unspecified atom stereocenters. The third-order valence-electron chi connectivity index (χ3n) is 3.75. The van der Waals surface area contributed by atoms with Gasteiger partial charge in [0.15, 0.2) is 0 Å². The highest BCUT2D eigenvalue weighted by Crippen LogP contribution is 2.09. The third-order valence-corrected chi connectivity index (χ3v) is 3.75. The average molecular weight is 347 g/mol. The lowest BCUT2D eigenvalue weighted by molar-refractivity contribution is -0.143. The van der Waals surface area contributed by atoms with Crippen molar-refractivity contribution in [3.8, 4) is 0 Å². The number of carboxylic acid groups (broad SMARTS) is 2. The van der Waals surface area contributed by atoms with Crippen LogP contribution in [0.15, 0.2) is 35.4 Å². The number of carboxylic acids is 2. The first kappa shape index (κ1) is 18.1. The molecule has 9 heteroatoms. The van der Waals surface area contributed by atoms with E-state index in [4.69, 9.17) is 10.2 Å². The Kier molecular flexibility index (Phi) is 5.48. The van der Waals surface area contributed by atoms with Gasteiger partial charge in [0, 0.05) is 6.42 Å². The molecule has 0 aliphatic carbocycles. The average Bonchev–Trinajstić information content (AvgIpc) is 2.58. The molecule has 0 spiro atoms. The molecule has 3 N–H and O–H groups in total. The summed E-state index contributed by atoms with van der Waals surface area (Å²) in [5.74, 6) is -3.22. The number of carbonyl (C=O) groups is 3. The van der Waals surface area contributed by atoms with Crippen molar-refractivity contribution in [3.63, 3.8) is 0 Å². The van der Waals surface area contributed by atoms with Gasteiger partial charge in [-0.15, -0.1) is 0 Å². The summed E-state index contributed by atoms with van der Waals surface area (Å²) >= 11 is 0. The summed E-state index contributed by atoms with van der Waals surface area (Å²) in [6, 6.07) is 4.30. The van der Waals surface area contributed by atoms with Gasteiger partial charge in [-0.25, -0.2) is 9.78 Å². The van der Waals surface area contributed by atoms with E-state index in [-0.39, 0.29) is 6.42 Å². The van der Waals surface area contributed by atoms with Gasteiger partial charge in [-0.3, -0.25) is 19.0 Å². The Hall–Kier alpha value is -3.23. The second-order valence-electron chi connectivity index (χ2n) is 5.48. The van der Waals surface area contributed by atoms with Crippen LogP contribution >= 0.6 is 0 Å². The van der Waals surface area contributed by atoms with Crippen LogP contribution in [0.5, 0.6) is 0 Å². The quantitative estimate of drug-likeness (QED) is 0.658. The van der Waals surface area contributed by atoms with Crippen molar-refractivity contribution in [2.75, 3.05) is 0 Å². The highest BCUT2D eigenvalue weighted by atomic mass is 16.4. The van der Waals surface area contributed by atoms with E-state index in [1.807, 2.05) is 0 Å². The zero-order valence-corrected chi connectivity index (χ0v) is 13.4. The number of fused-ring (bicyclic) bond motifs is 1. The van der Waals surface area contributed by atoms with Crippen LogP contribution in [-0.4, -0.2) is 43.7 Å². The summed E-state index contributed by atoms with van der Waals surface area (Å²) in [6.45, 7) is 1.43. The van der Waals surface area contributed by atoms with Gasteiger partial charge < -0.3 is 15.5 Å². The van der Waals surface area contributed by atoms with Gasteiger partial charge in [-0.1, -0.05) is 12.1 Å². The number of hydrogen-bond acceptors (Lipinski definition) is 5. The largest absolute Gasteiger partial charge is 0.481 e. The third kappa shape index (κ3) is 4.19. The van der Waals surface area contributed by atoms with Crippen LogP contribution in [0.2, 0.25) is 0 Å². The van der Waals surface area contributed by atoms with Crippen molar-refractivity contribution < 1.29 is 24.6 Å². The fourth-order valence-corrected chi connectivity index (χ4v) is 2.30. The van der Waals surface area contributed by atoms with Crippen molar-refractivity contribution >= 4 is 28.7 Å². The smallest absolute Gasteiger partial charge is 0.326 e. The van der Waals surface area contributed by atoms with Crippen molar-refractivity contribution in [1.82, 2.24) is 14.9 Å². The predicted octanol–water partition coefficient (Wildman–Crippen LogP) is 0.392. The minimum atomic E-state index is -1.35. The van der Waals surface area contributed by atoms with E-state index in [2.05, 4.69) is 10.3 Å². The first-order chi connectivity index (χ1) is 11.8. The Morgan fingerprint density at radius 3 is 2.56 bits per heavy atom. The predicted molar refractivity (Wildman–Crippen MR) is 87.2 cm³/mol. The van der Waals surface area contributed by atoms with E-state index in [1.165, 1.54) is 13.3 Å². The summed E-state index contributed by atoms with van der Waals surface area (Å²) in [5, 5.41) is 20.3. The maximum absolute atomic E-state index is 12.5. The molecule has 9 nitrogen and oxygen atoms in total. The molecule has 1 aromatic carbocycles. The molecule has 0 aliphatic rings. The van der Waals surface area contributed by atoms with Gasteiger partial charge in [0.25, 0.3) is 5.56 Å². The molecule has 25 heavy (non-hydrogen) atoms. The lowest BCUT2D eigenvalue weighted by Crippen LogP contribution is -2.45. The number of nitrogens with one attached hydrogen (secondary N) is 1. The number of aliphatic carboxylic acids is 2. The number of nitrogens with zero attached hydrogens (tertiary/aromatic N) is 2.